The van der Waals surface area contributed by atoms with E-state index in [0.29, 0.717) is 0 Å². The largest absolute Gasteiger partial charge is 0.418 e. The number of halogens is 3. The predicted molar refractivity (Wildman–Crippen MR) is 57.2 cm³/mol. The minimum atomic E-state index is -4.58. The van der Waals surface area contributed by atoms with Crippen molar-refractivity contribution < 1.29 is 13.2 Å². The quantitative estimate of drug-likeness (QED) is 0.780. The second-order valence-corrected chi connectivity index (χ2v) is 3.44. The van der Waals surface area contributed by atoms with Crippen molar-refractivity contribution >= 4 is 0 Å². The summed E-state index contributed by atoms with van der Waals surface area (Å²) < 4.78 is 38.6. The molecule has 0 saturated carbocycles. The van der Waals surface area contributed by atoms with E-state index in [9.17, 15) is 13.2 Å². The summed E-state index contributed by atoms with van der Waals surface area (Å²) in [5.74, 6) is 0. The molecule has 0 radical (unpaired) electrons. The molecule has 6 heteroatoms. The normalized spacial score (nSPS) is 11.0. The van der Waals surface area contributed by atoms with Gasteiger partial charge in [0.25, 0.3) is 0 Å². The molecule has 0 spiro atoms. The minimum Gasteiger partial charge on any atom is -0.255 e. The van der Waals surface area contributed by atoms with Gasteiger partial charge in [0.2, 0.25) is 0 Å². The Morgan fingerprint density at radius 1 is 1.17 bits per heavy atom. The van der Waals surface area contributed by atoms with Gasteiger partial charge in [0.05, 0.1) is 16.8 Å². The maximum atomic E-state index is 12.9. The summed E-state index contributed by atoms with van der Waals surface area (Å²) in [6, 6.07) is 7.01. The van der Waals surface area contributed by atoms with E-state index in [-0.39, 0.29) is 17.0 Å². The van der Waals surface area contributed by atoms with Gasteiger partial charge in [-0.3, -0.25) is 9.97 Å². The molecule has 0 N–H and O–H groups in total. The number of pyridine rings is 2. The fourth-order valence-corrected chi connectivity index (χ4v) is 1.45. The molecule has 0 aliphatic rings. The van der Waals surface area contributed by atoms with Crippen LogP contribution in [0.3, 0.4) is 0 Å². The van der Waals surface area contributed by atoms with Gasteiger partial charge in [-0.1, -0.05) is 6.07 Å². The van der Waals surface area contributed by atoms with Crippen LogP contribution >= 0.6 is 0 Å². The molecule has 0 saturated heterocycles. The molecule has 0 atom stereocenters. The van der Waals surface area contributed by atoms with Crippen LogP contribution in [0.25, 0.3) is 11.4 Å². The smallest absolute Gasteiger partial charge is 0.255 e. The second-order valence-electron chi connectivity index (χ2n) is 3.44. The molecule has 0 aliphatic heterocycles. The highest BCUT2D eigenvalue weighted by atomic mass is 19.4. The predicted octanol–water partition coefficient (Wildman–Crippen LogP) is 3.03. The Kier molecular flexibility index (Phi) is 2.98. The first-order valence-electron chi connectivity index (χ1n) is 4.91. The van der Waals surface area contributed by atoms with Crippen molar-refractivity contribution in [2.24, 2.45) is 0 Å². The van der Waals surface area contributed by atoms with Crippen LogP contribution in [0.15, 0.2) is 36.7 Å². The number of aromatic nitrogens is 2. The van der Waals surface area contributed by atoms with Crippen molar-refractivity contribution in [1.29, 1.82) is 5.26 Å². The molecule has 0 amide bonds. The van der Waals surface area contributed by atoms with E-state index in [4.69, 9.17) is 5.26 Å². The summed E-state index contributed by atoms with van der Waals surface area (Å²) in [6.07, 6.45) is -2.10. The Labute approximate surface area is 101 Å². The van der Waals surface area contributed by atoms with E-state index in [1.165, 1.54) is 12.3 Å². The number of rotatable bonds is 1. The molecule has 2 aromatic heterocycles. The van der Waals surface area contributed by atoms with Crippen LogP contribution in [0.1, 0.15) is 11.1 Å². The molecule has 2 rings (SSSR count). The third-order valence-electron chi connectivity index (χ3n) is 2.23. The molecule has 0 aliphatic carbocycles. The lowest BCUT2D eigenvalue weighted by molar-refractivity contribution is -0.137. The number of alkyl halides is 3. The highest BCUT2D eigenvalue weighted by molar-refractivity contribution is 5.60. The maximum Gasteiger partial charge on any atom is 0.418 e. The van der Waals surface area contributed by atoms with E-state index in [1.54, 1.807) is 18.2 Å². The lowest BCUT2D eigenvalue weighted by Crippen LogP contribution is -2.09. The monoisotopic (exact) mass is 249 g/mol. The zero-order valence-corrected chi connectivity index (χ0v) is 8.94. The zero-order valence-electron chi connectivity index (χ0n) is 8.94. The number of hydrogen-bond acceptors (Lipinski definition) is 3. The van der Waals surface area contributed by atoms with E-state index < -0.39 is 11.7 Å². The van der Waals surface area contributed by atoms with Gasteiger partial charge in [0, 0.05) is 12.4 Å². The molecule has 90 valence electrons. The van der Waals surface area contributed by atoms with Crippen LogP contribution in [-0.2, 0) is 6.18 Å². The average Bonchev–Trinajstić information content (AvgIpc) is 2.38. The van der Waals surface area contributed by atoms with Gasteiger partial charge in [-0.25, -0.2) is 0 Å². The molecule has 0 fully saturated rings. The van der Waals surface area contributed by atoms with Crippen molar-refractivity contribution in [1.82, 2.24) is 9.97 Å². The Balaban J connectivity index is 2.65. The topological polar surface area (TPSA) is 49.6 Å². The van der Waals surface area contributed by atoms with Crippen molar-refractivity contribution in [3.05, 3.63) is 47.8 Å². The average molecular weight is 249 g/mol. The number of nitrogens with zero attached hydrogens (tertiary/aromatic N) is 3. The van der Waals surface area contributed by atoms with Crippen LogP contribution in [0, 0.1) is 11.3 Å². The first-order valence-corrected chi connectivity index (χ1v) is 4.91. The van der Waals surface area contributed by atoms with Gasteiger partial charge in [-0.15, -0.1) is 0 Å². The summed E-state index contributed by atoms with van der Waals surface area (Å²) in [4.78, 5) is 7.51. The third kappa shape index (κ3) is 2.30. The highest BCUT2D eigenvalue weighted by Gasteiger charge is 2.35. The van der Waals surface area contributed by atoms with Crippen molar-refractivity contribution in [3.63, 3.8) is 0 Å². The van der Waals surface area contributed by atoms with E-state index in [0.717, 1.165) is 12.3 Å². The van der Waals surface area contributed by atoms with Crippen LogP contribution in [0.4, 0.5) is 13.2 Å². The van der Waals surface area contributed by atoms with Crippen molar-refractivity contribution in [2.75, 3.05) is 0 Å². The van der Waals surface area contributed by atoms with Gasteiger partial charge in [-0.2, -0.15) is 18.4 Å². The maximum absolute atomic E-state index is 12.9. The standard InChI is InChI=1S/C12H6F3N3/c13-12(14,15)9-5-8(6-16)7-18-11(9)10-3-1-2-4-17-10/h1-5,7H. The molecule has 0 aromatic carbocycles. The zero-order chi connectivity index (χ0) is 13.2. The van der Waals surface area contributed by atoms with Gasteiger partial charge in [-0.05, 0) is 18.2 Å². The molecule has 2 aromatic rings. The number of hydrogen-bond donors (Lipinski definition) is 0. The minimum absolute atomic E-state index is 0.120. The van der Waals surface area contributed by atoms with Crippen molar-refractivity contribution in [3.8, 4) is 17.5 Å². The van der Waals surface area contributed by atoms with Gasteiger partial charge >= 0.3 is 6.18 Å². The molecular weight excluding hydrogens is 243 g/mol. The molecule has 2 heterocycles. The first kappa shape index (κ1) is 12.0. The van der Waals surface area contributed by atoms with Crippen LogP contribution in [0.2, 0.25) is 0 Å². The lowest BCUT2D eigenvalue weighted by Gasteiger charge is -2.11. The summed E-state index contributed by atoms with van der Waals surface area (Å²) in [7, 11) is 0. The number of nitriles is 1. The SMILES string of the molecule is N#Cc1cnc(-c2ccccn2)c(C(F)(F)F)c1. The van der Waals surface area contributed by atoms with Crippen LogP contribution in [-0.4, -0.2) is 9.97 Å². The van der Waals surface area contributed by atoms with Gasteiger partial charge in [0.15, 0.2) is 0 Å². The second kappa shape index (κ2) is 4.45. The fraction of sp³-hybridized carbons (Fsp3) is 0.0833. The molecule has 0 unspecified atom stereocenters. The van der Waals surface area contributed by atoms with Crippen LogP contribution in [0.5, 0.6) is 0 Å². The van der Waals surface area contributed by atoms with Crippen LogP contribution < -0.4 is 0 Å². The third-order valence-corrected chi connectivity index (χ3v) is 2.23. The van der Waals surface area contributed by atoms with Gasteiger partial charge < -0.3 is 0 Å². The summed E-state index contributed by atoms with van der Waals surface area (Å²) in [5.41, 5.74) is -1.25. The summed E-state index contributed by atoms with van der Waals surface area (Å²) >= 11 is 0. The summed E-state index contributed by atoms with van der Waals surface area (Å²) in [6.45, 7) is 0. The molecular formula is C12H6F3N3. The van der Waals surface area contributed by atoms with E-state index in [2.05, 4.69) is 9.97 Å². The molecule has 3 nitrogen and oxygen atoms in total. The Bertz CT molecular complexity index is 600. The Morgan fingerprint density at radius 3 is 2.50 bits per heavy atom. The van der Waals surface area contributed by atoms with Crippen molar-refractivity contribution in [2.45, 2.75) is 6.18 Å². The summed E-state index contributed by atoms with van der Waals surface area (Å²) in [5, 5.41) is 8.62. The lowest BCUT2D eigenvalue weighted by atomic mass is 10.1. The Hall–Kier alpha value is -2.42. The highest BCUT2D eigenvalue weighted by Crippen LogP contribution is 2.35. The molecule has 18 heavy (non-hydrogen) atoms. The first-order chi connectivity index (χ1) is 8.52. The molecule has 0 bridgehead atoms. The fourth-order valence-electron chi connectivity index (χ4n) is 1.45. The van der Waals surface area contributed by atoms with Gasteiger partial charge in [0.1, 0.15) is 11.8 Å². The van der Waals surface area contributed by atoms with E-state index >= 15 is 0 Å². The Morgan fingerprint density at radius 2 is 1.94 bits per heavy atom. The van der Waals surface area contributed by atoms with E-state index in [1.807, 2.05) is 0 Å².